The van der Waals surface area contributed by atoms with E-state index in [-0.39, 0.29) is 17.0 Å². The lowest BCUT2D eigenvalue weighted by atomic mass is 9.76. The standard InChI is InChI=1S/C18H32N2.BrH/c1-2-5-13(6-3-1)16-7-4-8-17(16)20-18-14-9-11-15(19-18)12-10-14;/h13-20H,1-12H2;1H/t14?,15?,16-,17-,18?;/m1./s1. The quantitative estimate of drug-likeness (QED) is 0.783. The molecule has 0 radical (unpaired) electrons. The predicted octanol–water partition coefficient (Wildman–Crippen LogP) is 4.39. The van der Waals surface area contributed by atoms with Gasteiger partial charge in [-0.3, -0.25) is 10.6 Å². The molecule has 5 aliphatic rings. The maximum absolute atomic E-state index is 4.09. The molecule has 5 fully saturated rings. The number of piperidine rings is 2. The summed E-state index contributed by atoms with van der Waals surface area (Å²) in [7, 11) is 0. The van der Waals surface area contributed by atoms with E-state index in [1.165, 1.54) is 77.0 Å². The number of nitrogens with one attached hydrogen (secondary N) is 2. The third-order valence-corrected chi connectivity index (χ3v) is 6.88. The van der Waals surface area contributed by atoms with Crippen LogP contribution in [0.4, 0.5) is 0 Å². The van der Waals surface area contributed by atoms with Crippen molar-refractivity contribution in [3.05, 3.63) is 0 Å². The van der Waals surface area contributed by atoms with Gasteiger partial charge in [0.2, 0.25) is 0 Å². The fourth-order valence-corrected chi connectivity index (χ4v) is 5.75. The Bertz CT molecular complexity index is 321. The molecule has 2 heterocycles. The third kappa shape index (κ3) is 3.50. The lowest BCUT2D eigenvalue weighted by molar-refractivity contribution is 0.101. The maximum atomic E-state index is 4.09. The summed E-state index contributed by atoms with van der Waals surface area (Å²) < 4.78 is 0. The van der Waals surface area contributed by atoms with Gasteiger partial charge in [0, 0.05) is 12.1 Å². The van der Waals surface area contributed by atoms with E-state index >= 15 is 0 Å². The zero-order chi connectivity index (χ0) is 13.4. The van der Waals surface area contributed by atoms with Gasteiger partial charge in [0.25, 0.3) is 0 Å². The van der Waals surface area contributed by atoms with E-state index in [1.54, 1.807) is 0 Å². The third-order valence-electron chi connectivity index (χ3n) is 6.88. The molecule has 3 atom stereocenters. The molecule has 3 heteroatoms. The average molecular weight is 357 g/mol. The monoisotopic (exact) mass is 356 g/mol. The van der Waals surface area contributed by atoms with Crippen molar-refractivity contribution in [2.45, 2.75) is 95.3 Å². The van der Waals surface area contributed by atoms with Crippen LogP contribution in [0.5, 0.6) is 0 Å². The summed E-state index contributed by atoms with van der Waals surface area (Å²) >= 11 is 0. The number of fused-ring (bicyclic) bond motifs is 3. The minimum absolute atomic E-state index is 0. The van der Waals surface area contributed by atoms with Gasteiger partial charge in [-0.1, -0.05) is 38.5 Å². The summed E-state index contributed by atoms with van der Waals surface area (Å²) in [6, 6.07) is 1.65. The molecule has 2 N–H and O–H groups in total. The highest BCUT2D eigenvalue weighted by Crippen LogP contribution is 2.40. The van der Waals surface area contributed by atoms with Crippen molar-refractivity contribution in [1.29, 1.82) is 0 Å². The fourth-order valence-electron chi connectivity index (χ4n) is 5.75. The first-order chi connectivity index (χ1) is 9.90. The molecule has 5 rings (SSSR count). The second kappa shape index (κ2) is 7.31. The van der Waals surface area contributed by atoms with E-state index in [4.69, 9.17) is 0 Å². The first kappa shape index (κ1) is 16.3. The van der Waals surface area contributed by atoms with E-state index in [1.807, 2.05) is 0 Å². The van der Waals surface area contributed by atoms with Crippen LogP contribution in [0.15, 0.2) is 0 Å². The molecule has 1 unspecified atom stereocenters. The molecule has 2 aliphatic heterocycles. The van der Waals surface area contributed by atoms with Gasteiger partial charge in [-0.05, 0) is 56.3 Å². The van der Waals surface area contributed by atoms with Crippen LogP contribution in [0.25, 0.3) is 0 Å². The van der Waals surface area contributed by atoms with E-state index in [0.29, 0.717) is 6.17 Å². The fraction of sp³-hybridized carbons (Fsp3) is 1.00. The Morgan fingerprint density at radius 3 is 2.10 bits per heavy atom. The Kier molecular flexibility index (Phi) is 5.66. The summed E-state index contributed by atoms with van der Waals surface area (Å²) in [5, 5.41) is 7.98. The molecule has 0 aromatic carbocycles. The number of rotatable bonds is 3. The van der Waals surface area contributed by atoms with Gasteiger partial charge in [-0.2, -0.15) is 0 Å². The summed E-state index contributed by atoms with van der Waals surface area (Å²) in [5.74, 6) is 2.97. The molecule has 2 bridgehead atoms. The summed E-state index contributed by atoms with van der Waals surface area (Å²) in [6.07, 6.45) is 18.4. The van der Waals surface area contributed by atoms with Crippen LogP contribution in [0.1, 0.15) is 77.0 Å². The Morgan fingerprint density at radius 1 is 0.667 bits per heavy atom. The summed E-state index contributed by atoms with van der Waals surface area (Å²) in [5.41, 5.74) is 0. The normalized spacial score (nSPS) is 43.7. The number of halogens is 1. The summed E-state index contributed by atoms with van der Waals surface area (Å²) in [6.45, 7) is 0. The van der Waals surface area contributed by atoms with Crippen molar-refractivity contribution in [1.82, 2.24) is 10.6 Å². The van der Waals surface area contributed by atoms with Crippen molar-refractivity contribution in [3.63, 3.8) is 0 Å². The summed E-state index contributed by atoms with van der Waals surface area (Å²) in [4.78, 5) is 0. The molecule has 0 aromatic rings. The van der Waals surface area contributed by atoms with E-state index in [2.05, 4.69) is 10.6 Å². The zero-order valence-corrected chi connectivity index (χ0v) is 15.1. The van der Waals surface area contributed by atoms with Crippen molar-refractivity contribution in [2.75, 3.05) is 0 Å². The molecular weight excluding hydrogens is 324 g/mol. The highest BCUT2D eigenvalue weighted by Gasteiger charge is 2.40. The minimum Gasteiger partial charge on any atom is -0.299 e. The predicted molar refractivity (Wildman–Crippen MR) is 93.8 cm³/mol. The molecule has 3 aliphatic carbocycles. The molecular formula is C18H33BrN2. The average Bonchev–Trinajstić information content (AvgIpc) is 2.97. The SMILES string of the molecule is Br.C1CCC([C@H]2CCC[C@H]2NC2NC3CCC2CC3)CC1. The lowest BCUT2D eigenvalue weighted by Gasteiger charge is -2.46. The van der Waals surface area contributed by atoms with E-state index < -0.39 is 0 Å². The largest absolute Gasteiger partial charge is 0.299 e. The molecule has 122 valence electrons. The van der Waals surface area contributed by atoms with E-state index in [0.717, 1.165) is 29.8 Å². The van der Waals surface area contributed by atoms with Crippen molar-refractivity contribution >= 4 is 17.0 Å². The van der Waals surface area contributed by atoms with Crippen LogP contribution in [0.3, 0.4) is 0 Å². The van der Waals surface area contributed by atoms with Gasteiger partial charge in [-0.25, -0.2) is 0 Å². The highest BCUT2D eigenvalue weighted by atomic mass is 79.9. The molecule has 0 spiro atoms. The molecule has 0 amide bonds. The van der Waals surface area contributed by atoms with Crippen LogP contribution in [-0.2, 0) is 0 Å². The first-order valence-corrected chi connectivity index (χ1v) is 9.42. The number of hydrogen-bond acceptors (Lipinski definition) is 2. The maximum Gasteiger partial charge on any atom is 0.0605 e. The zero-order valence-electron chi connectivity index (χ0n) is 13.4. The van der Waals surface area contributed by atoms with Crippen LogP contribution in [0.2, 0.25) is 0 Å². The molecule has 2 nitrogen and oxygen atoms in total. The molecule has 2 saturated heterocycles. The number of hydrogen-bond donors (Lipinski definition) is 2. The van der Waals surface area contributed by atoms with Crippen molar-refractivity contribution in [2.24, 2.45) is 17.8 Å². The van der Waals surface area contributed by atoms with Gasteiger partial charge in [0.05, 0.1) is 6.17 Å². The van der Waals surface area contributed by atoms with Crippen molar-refractivity contribution < 1.29 is 0 Å². The van der Waals surface area contributed by atoms with Crippen molar-refractivity contribution in [3.8, 4) is 0 Å². The van der Waals surface area contributed by atoms with Gasteiger partial charge in [-0.15, -0.1) is 17.0 Å². The first-order valence-electron chi connectivity index (χ1n) is 9.42. The smallest absolute Gasteiger partial charge is 0.0605 e. The second-order valence-corrected chi connectivity index (χ2v) is 8.02. The Balaban J connectivity index is 0.00000132. The van der Waals surface area contributed by atoms with Gasteiger partial charge >= 0.3 is 0 Å². The van der Waals surface area contributed by atoms with Gasteiger partial charge < -0.3 is 0 Å². The van der Waals surface area contributed by atoms with Crippen LogP contribution >= 0.6 is 17.0 Å². The topological polar surface area (TPSA) is 24.1 Å². The lowest BCUT2D eigenvalue weighted by Crippen LogP contribution is -2.61. The Labute approximate surface area is 141 Å². The van der Waals surface area contributed by atoms with Gasteiger partial charge in [0.15, 0.2) is 0 Å². The molecule has 0 aromatic heterocycles. The van der Waals surface area contributed by atoms with Gasteiger partial charge in [0.1, 0.15) is 0 Å². The van der Waals surface area contributed by atoms with Crippen LogP contribution in [-0.4, -0.2) is 18.2 Å². The van der Waals surface area contributed by atoms with E-state index in [9.17, 15) is 0 Å². The minimum atomic E-state index is 0. The Morgan fingerprint density at radius 2 is 1.43 bits per heavy atom. The molecule has 3 saturated carbocycles. The Hall–Kier alpha value is 0.400. The molecule has 21 heavy (non-hydrogen) atoms. The van der Waals surface area contributed by atoms with Crippen LogP contribution in [0, 0.1) is 17.8 Å². The highest BCUT2D eigenvalue weighted by molar-refractivity contribution is 8.93. The second-order valence-electron chi connectivity index (χ2n) is 8.02. The van der Waals surface area contributed by atoms with Crippen LogP contribution < -0.4 is 10.6 Å².